The zero-order chi connectivity index (χ0) is 62.6. The van der Waals surface area contributed by atoms with E-state index in [0.717, 1.165) is 36.4 Å². The van der Waals surface area contributed by atoms with Crippen molar-refractivity contribution in [2.75, 3.05) is 21.3 Å². The van der Waals surface area contributed by atoms with Crippen LogP contribution in [0.15, 0.2) is 159 Å². The van der Waals surface area contributed by atoms with Gasteiger partial charge in [0.2, 0.25) is 34.4 Å². The van der Waals surface area contributed by atoms with Crippen molar-refractivity contribution in [2.45, 2.75) is 29.4 Å². The van der Waals surface area contributed by atoms with E-state index in [0.29, 0.717) is 36.4 Å². The van der Waals surface area contributed by atoms with E-state index in [1.165, 1.54) is 36.4 Å². The van der Waals surface area contributed by atoms with Crippen molar-refractivity contribution in [3.8, 4) is 11.5 Å². The summed E-state index contributed by atoms with van der Waals surface area (Å²) >= 11 is 12.4. The molecule has 9 aromatic rings. The first-order valence-electron chi connectivity index (χ1n) is 22.5. The molecule has 6 N–H and O–H groups in total. The van der Waals surface area contributed by atoms with E-state index in [9.17, 15) is 88.0 Å². The Morgan fingerprint density at radius 2 is 0.652 bits per heavy atom. The standard InChI is InChI=1S/C44H30Cl2N14O20S6.6K/c45-39-51-41(55-43(53-39)49-27-17-23(81(63,64)65)13-19-15-31(85(75,76)77)35(37(61)33(19)27)59-57-25-5-1-3-7-29(25)83(69,70)71)47-21-9-11-22(12-10-21)48-42-52-40(46)54-44(56-42)50-28-18-24(82(66,67)68)14-20-16-32(86(78,79)80)36(38(62)34(20)28)60-58-26-6-2-4-8-30(26)84(72,73)74;;;;;;/h1-18,61-62H,(H,63,64,65)(H,66,67,68)(H,69,70,71)(H,72,73,74)(H,75,76,77)(H,78,79,80)(H2,47,49,51,53,55)(H2,48,50,52,54,56);;;;;;/q;6*+1/p-6. The van der Waals surface area contributed by atoms with Gasteiger partial charge in [-0.1, -0.05) is 24.3 Å². The van der Waals surface area contributed by atoms with Gasteiger partial charge in [-0.3, -0.25) is 0 Å². The zero-order valence-corrected chi connectivity index (χ0v) is 72.5. The molecular formula is C44H24Cl2K6N14O20S6. The summed E-state index contributed by atoms with van der Waals surface area (Å²) in [5.74, 6) is -4.21. The molecule has 0 saturated heterocycles. The molecule has 0 amide bonds. The fourth-order valence-electron chi connectivity index (χ4n) is 7.75. The molecule has 0 atom stereocenters. The number of halogens is 2. The van der Waals surface area contributed by atoms with Crippen LogP contribution in [0.3, 0.4) is 0 Å². The van der Waals surface area contributed by atoms with Crippen LogP contribution < -0.4 is 330 Å². The molecule has 92 heavy (non-hydrogen) atoms. The third-order valence-electron chi connectivity index (χ3n) is 11.3. The molecule has 0 aliphatic rings. The first-order valence-corrected chi connectivity index (χ1v) is 31.7. The van der Waals surface area contributed by atoms with Gasteiger partial charge in [-0.2, -0.15) is 29.9 Å². The molecule has 9 rings (SSSR count). The number of aromatic nitrogens is 6. The molecule has 0 fully saturated rings. The Balaban J connectivity index is 0.00000368. The van der Waals surface area contributed by atoms with Gasteiger partial charge in [0.25, 0.3) is 0 Å². The number of hydrogen-bond donors (Lipinski definition) is 6. The number of nitrogens with one attached hydrogen (secondary N) is 4. The third-order valence-corrected chi connectivity index (χ3v) is 16.7. The number of phenols is 2. The summed E-state index contributed by atoms with van der Waals surface area (Å²) in [6.45, 7) is 0. The number of fused-ring (bicyclic) bond motifs is 2. The maximum absolute atomic E-state index is 12.5. The predicted octanol–water partition coefficient (Wildman–Crippen LogP) is -11.7. The quantitative estimate of drug-likeness (QED) is 0.0264. The second kappa shape index (κ2) is 35.2. The van der Waals surface area contributed by atoms with E-state index in [1.807, 2.05) is 0 Å². The van der Waals surface area contributed by atoms with Gasteiger partial charge < -0.3 is 58.8 Å². The van der Waals surface area contributed by atoms with Crippen LogP contribution in [-0.4, -0.2) is 118 Å². The molecule has 2 heterocycles. The van der Waals surface area contributed by atoms with E-state index in [4.69, 9.17) is 23.2 Å². The van der Waals surface area contributed by atoms with Gasteiger partial charge >= 0.3 is 308 Å². The molecule has 0 aliphatic heterocycles. The topological polar surface area (TPSA) is 559 Å². The molecule has 2 aromatic heterocycles. The summed E-state index contributed by atoms with van der Waals surface area (Å²) in [7, 11) is -32.5. The molecule has 0 saturated carbocycles. The van der Waals surface area contributed by atoms with Gasteiger partial charge in [0.05, 0.1) is 40.7 Å². The van der Waals surface area contributed by atoms with Gasteiger partial charge in [0.15, 0.2) is 11.5 Å². The molecule has 0 radical (unpaired) electrons. The predicted molar refractivity (Wildman–Crippen MR) is 289 cm³/mol. The van der Waals surface area contributed by atoms with Crippen molar-refractivity contribution in [3.05, 3.63) is 120 Å². The molecule has 34 nitrogen and oxygen atoms in total. The van der Waals surface area contributed by atoms with Crippen LogP contribution in [0, 0.1) is 0 Å². The molecule has 0 spiro atoms. The first kappa shape index (κ1) is 87.2. The molecule has 0 aliphatic carbocycles. The van der Waals surface area contributed by atoms with Crippen molar-refractivity contribution in [1.82, 2.24) is 29.9 Å². The van der Waals surface area contributed by atoms with E-state index < -0.39 is 180 Å². The minimum atomic E-state index is -5.66. The maximum Gasteiger partial charge on any atom is 1.00 e. The SMILES string of the molecule is O=S(=O)([O-])c1cc(Nc2nc(Cl)nc(Nc3ccc(Nc4nc(Cl)nc(Nc5cc(S(=O)(=O)[O-])cc6cc(S(=O)(=O)[O-])c(N=Nc7ccccc7S(=O)(=O)[O-])c(O)c56)n4)cc3)n2)c2c(O)c(N=Nc3ccccc3S(=O)(=O)[O-])c(S(=O)(=O)[O-])cc2c1.[K+].[K+].[K+].[K+].[K+].[K+]. The van der Waals surface area contributed by atoms with E-state index in [-0.39, 0.29) is 332 Å². The molecule has 7 aromatic carbocycles. The van der Waals surface area contributed by atoms with Crippen LogP contribution in [0.5, 0.6) is 11.5 Å². The minimum absolute atomic E-state index is 0. The Hall–Kier alpha value is 0.938. The first-order chi connectivity index (χ1) is 40.0. The molecule has 446 valence electrons. The van der Waals surface area contributed by atoms with Gasteiger partial charge in [-0.25, -0.2) is 50.5 Å². The van der Waals surface area contributed by atoms with E-state index in [2.05, 4.69) is 71.6 Å². The third kappa shape index (κ3) is 22.0. The largest absolute Gasteiger partial charge is 1.00 e. The average molecular weight is 1570 g/mol. The Morgan fingerprint density at radius 1 is 0.359 bits per heavy atom. The van der Waals surface area contributed by atoms with Crippen LogP contribution in [0.1, 0.15) is 0 Å². The van der Waals surface area contributed by atoms with Crippen molar-refractivity contribution in [3.63, 3.8) is 0 Å². The zero-order valence-electron chi connectivity index (χ0n) is 47.3. The number of aromatic hydroxyl groups is 2. The summed E-state index contributed by atoms with van der Waals surface area (Å²) in [5, 5.41) is 44.6. The van der Waals surface area contributed by atoms with Crippen molar-refractivity contribution in [1.29, 1.82) is 0 Å². The number of hydrogen-bond acceptors (Lipinski definition) is 34. The van der Waals surface area contributed by atoms with Crippen molar-refractivity contribution >= 4 is 175 Å². The Kier molecular flexibility index (Phi) is 33.4. The number of azo groups is 2. The van der Waals surface area contributed by atoms with Crippen LogP contribution >= 0.6 is 23.2 Å². The van der Waals surface area contributed by atoms with Crippen LogP contribution in [0.2, 0.25) is 10.6 Å². The maximum atomic E-state index is 12.5. The summed E-state index contributed by atoms with van der Waals surface area (Å²) in [5.41, 5.74) is -4.30. The van der Waals surface area contributed by atoms with Crippen LogP contribution in [-0.2, 0) is 60.7 Å². The van der Waals surface area contributed by atoms with Crippen molar-refractivity contribution in [2.24, 2.45) is 20.5 Å². The van der Waals surface area contributed by atoms with Gasteiger partial charge in [-0.15, -0.1) is 20.5 Å². The Morgan fingerprint density at radius 3 is 0.946 bits per heavy atom. The molecule has 0 unspecified atom stereocenters. The Bertz CT molecular complexity index is 4850. The van der Waals surface area contributed by atoms with Crippen LogP contribution in [0.4, 0.5) is 69.3 Å². The number of rotatable bonds is 18. The van der Waals surface area contributed by atoms with Crippen LogP contribution in [0.25, 0.3) is 21.5 Å². The van der Waals surface area contributed by atoms with E-state index in [1.54, 1.807) is 0 Å². The van der Waals surface area contributed by atoms with Gasteiger partial charge in [0, 0.05) is 22.1 Å². The van der Waals surface area contributed by atoms with Crippen molar-refractivity contribution < 1.29 is 396 Å². The normalized spacial score (nSPS) is 11.9. The summed E-state index contributed by atoms with van der Waals surface area (Å²) in [6.07, 6.45) is 0. The second-order valence-corrected chi connectivity index (χ2v) is 25.8. The summed E-state index contributed by atoms with van der Waals surface area (Å²) in [4.78, 5) is 17.5. The average Bonchev–Trinajstić information content (AvgIpc) is 0.795. The van der Waals surface area contributed by atoms with Gasteiger partial charge in [0.1, 0.15) is 83.5 Å². The number of phenolic OH excluding ortho intramolecular Hbond substituents is 2. The number of nitrogens with zero attached hydrogens (tertiary/aromatic N) is 10. The molecule has 0 bridgehead atoms. The fraction of sp³-hybridized carbons (Fsp3) is 0. The van der Waals surface area contributed by atoms with Gasteiger partial charge in [-0.05, 0) is 119 Å². The molecule has 48 heteroatoms. The molecular weight excluding hydrogens is 1540 g/mol. The number of anilines is 8. The number of benzene rings is 7. The summed E-state index contributed by atoms with van der Waals surface area (Å²) < 4.78 is 220. The minimum Gasteiger partial charge on any atom is -0.744 e. The second-order valence-electron chi connectivity index (χ2n) is 16.9. The summed E-state index contributed by atoms with van der Waals surface area (Å²) in [6, 6.07) is 17.6. The fourth-order valence-corrected chi connectivity index (χ4v) is 11.6. The Labute approximate surface area is 785 Å². The monoisotopic (exact) mass is 1560 g/mol. The van der Waals surface area contributed by atoms with E-state index >= 15 is 0 Å². The smallest absolute Gasteiger partial charge is 0.744 e.